The molecule has 0 fully saturated rings. The van der Waals surface area contributed by atoms with Gasteiger partial charge in [-0.2, -0.15) is 0 Å². The van der Waals surface area contributed by atoms with E-state index >= 15 is 0 Å². The molecule has 0 bridgehead atoms. The van der Waals surface area contributed by atoms with Gasteiger partial charge in [0.05, 0.1) is 18.2 Å². The maximum Gasteiger partial charge on any atom is 0.0962 e. The monoisotopic (exact) mass is 139 g/mol. The van der Waals surface area contributed by atoms with E-state index in [1.54, 1.807) is 6.33 Å². The van der Waals surface area contributed by atoms with E-state index in [2.05, 4.69) is 11.9 Å². The largest absolute Gasteiger partial charge is 0.321 e. The molecule has 1 unspecified atom stereocenters. The Morgan fingerprint density at radius 1 is 1.80 bits per heavy atom. The first-order valence-corrected chi connectivity index (χ1v) is 3.49. The Morgan fingerprint density at radius 3 is 2.90 bits per heavy atom. The van der Waals surface area contributed by atoms with Crippen LogP contribution in [0.4, 0.5) is 0 Å². The molecule has 0 saturated heterocycles. The number of hydrogen-bond donors (Lipinski definition) is 1. The molecule has 3 heteroatoms. The third-order valence-corrected chi connectivity index (χ3v) is 1.53. The van der Waals surface area contributed by atoms with E-state index in [0.29, 0.717) is 0 Å². The highest BCUT2D eigenvalue weighted by molar-refractivity contribution is 4.93. The highest BCUT2D eigenvalue weighted by Gasteiger charge is 1.99. The van der Waals surface area contributed by atoms with Gasteiger partial charge in [-0.3, -0.25) is 0 Å². The number of imidazole rings is 1. The lowest BCUT2D eigenvalue weighted by Crippen LogP contribution is -2.15. The second-order valence-electron chi connectivity index (χ2n) is 2.44. The third-order valence-electron chi connectivity index (χ3n) is 1.53. The smallest absolute Gasteiger partial charge is 0.0962 e. The van der Waals surface area contributed by atoms with Crippen LogP contribution in [0.25, 0.3) is 0 Å². The summed E-state index contributed by atoms with van der Waals surface area (Å²) < 4.78 is 1.93. The lowest BCUT2D eigenvalue weighted by Gasteiger charge is -2.08. The number of aromatic nitrogens is 2. The summed E-state index contributed by atoms with van der Waals surface area (Å²) in [5, 5.41) is 0. The van der Waals surface area contributed by atoms with Gasteiger partial charge in [0.15, 0.2) is 0 Å². The zero-order chi connectivity index (χ0) is 7.56. The molecule has 1 aromatic heterocycles. The van der Waals surface area contributed by atoms with Gasteiger partial charge in [0, 0.05) is 6.20 Å². The van der Waals surface area contributed by atoms with Crippen molar-refractivity contribution in [2.24, 2.45) is 5.73 Å². The first-order valence-electron chi connectivity index (χ1n) is 3.49. The van der Waals surface area contributed by atoms with Crippen LogP contribution in [-0.2, 0) is 0 Å². The molecule has 0 aliphatic rings. The molecule has 0 spiro atoms. The molecule has 1 atom stereocenters. The van der Waals surface area contributed by atoms with Crippen LogP contribution in [0.2, 0.25) is 0 Å². The summed E-state index contributed by atoms with van der Waals surface area (Å²) in [5.41, 5.74) is 6.75. The molecule has 1 aromatic rings. The van der Waals surface area contributed by atoms with Crippen molar-refractivity contribution in [2.45, 2.75) is 26.4 Å². The standard InChI is InChI=1S/C7H13N3/c1-3-7(8)10-4-6(2)9-5-10/h4-5,7H,3,8H2,1-2H3. The minimum absolute atomic E-state index is 0.0844. The van der Waals surface area contributed by atoms with Crippen LogP contribution in [0.5, 0.6) is 0 Å². The summed E-state index contributed by atoms with van der Waals surface area (Å²) in [5.74, 6) is 0. The van der Waals surface area contributed by atoms with Crippen molar-refractivity contribution in [2.75, 3.05) is 0 Å². The summed E-state index contributed by atoms with van der Waals surface area (Å²) in [4.78, 5) is 4.07. The van der Waals surface area contributed by atoms with Crippen molar-refractivity contribution >= 4 is 0 Å². The summed E-state index contributed by atoms with van der Waals surface area (Å²) >= 11 is 0. The lowest BCUT2D eigenvalue weighted by atomic mass is 10.4. The highest BCUT2D eigenvalue weighted by atomic mass is 15.1. The Hall–Kier alpha value is -0.830. The second-order valence-corrected chi connectivity index (χ2v) is 2.44. The van der Waals surface area contributed by atoms with Gasteiger partial charge in [-0.15, -0.1) is 0 Å². The Labute approximate surface area is 60.9 Å². The first-order chi connectivity index (χ1) is 4.74. The van der Waals surface area contributed by atoms with E-state index in [9.17, 15) is 0 Å². The van der Waals surface area contributed by atoms with Gasteiger partial charge in [0.1, 0.15) is 0 Å². The lowest BCUT2D eigenvalue weighted by molar-refractivity contribution is 0.505. The van der Waals surface area contributed by atoms with Crippen molar-refractivity contribution in [1.82, 2.24) is 9.55 Å². The normalized spacial score (nSPS) is 13.5. The van der Waals surface area contributed by atoms with Crippen LogP contribution in [0.15, 0.2) is 12.5 Å². The third kappa shape index (κ3) is 1.36. The Kier molecular flexibility index (Phi) is 2.06. The van der Waals surface area contributed by atoms with Crippen molar-refractivity contribution in [1.29, 1.82) is 0 Å². The van der Waals surface area contributed by atoms with Crippen LogP contribution in [-0.4, -0.2) is 9.55 Å². The van der Waals surface area contributed by atoms with E-state index < -0.39 is 0 Å². The van der Waals surface area contributed by atoms with Crippen LogP contribution in [0.1, 0.15) is 25.2 Å². The van der Waals surface area contributed by atoms with Gasteiger partial charge >= 0.3 is 0 Å². The Morgan fingerprint density at radius 2 is 2.50 bits per heavy atom. The fourth-order valence-corrected chi connectivity index (χ4v) is 0.832. The fraction of sp³-hybridized carbons (Fsp3) is 0.571. The van der Waals surface area contributed by atoms with Crippen LogP contribution in [0, 0.1) is 6.92 Å². The molecule has 0 aliphatic carbocycles. The molecular formula is C7H13N3. The summed E-state index contributed by atoms with van der Waals surface area (Å²) in [6, 6.07) is 0. The van der Waals surface area contributed by atoms with Gasteiger partial charge < -0.3 is 10.3 Å². The van der Waals surface area contributed by atoms with Crippen LogP contribution < -0.4 is 5.73 Å². The molecule has 0 aliphatic heterocycles. The number of hydrogen-bond acceptors (Lipinski definition) is 2. The SMILES string of the molecule is CCC(N)n1cnc(C)c1. The molecular weight excluding hydrogens is 126 g/mol. The van der Waals surface area contributed by atoms with Gasteiger partial charge in [0.2, 0.25) is 0 Å². The second kappa shape index (κ2) is 2.84. The molecule has 0 aromatic carbocycles. The topological polar surface area (TPSA) is 43.8 Å². The number of nitrogens with zero attached hydrogens (tertiary/aromatic N) is 2. The number of rotatable bonds is 2. The van der Waals surface area contributed by atoms with Crippen molar-refractivity contribution in [3.8, 4) is 0 Å². The van der Waals surface area contributed by atoms with Crippen molar-refractivity contribution in [3.05, 3.63) is 18.2 Å². The molecule has 1 rings (SSSR count). The quantitative estimate of drug-likeness (QED) is 0.665. The van der Waals surface area contributed by atoms with Crippen molar-refractivity contribution < 1.29 is 0 Å². The van der Waals surface area contributed by atoms with Gasteiger partial charge in [0.25, 0.3) is 0 Å². The number of nitrogens with two attached hydrogens (primary N) is 1. The van der Waals surface area contributed by atoms with Crippen molar-refractivity contribution in [3.63, 3.8) is 0 Å². The van der Waals surface area contributed by atoms with E-state index in [1.807, 2.05) is 17.7 Å². The number of aryl methyl sites for hydroxylation is 1. The van der Waals surface area contributed by atoms with Crippen LogP contribution in [0.3, 0.4) is 0 Å². The van der Waals surface area contributed by atoms with E-state index in [4.69, 9.17) is 5.73 Å². The van der Waals surface area contributed by atoms with Gasteiger partial charge in [-0.05, 0) is 13.3 Å². The highest BCUT2D eigenvalue weighted by Crippen LogP contribution is 2.03. The molecule has 2 N–H and O–H groups in total. The predicted molar refractivity (Wildman–Crippen MR) is 40.5 cm³/mol. The predicted octanol–water partition coefficient (Wildman–Crippen LogP) is 1.06. The molecule has 0 saturated carbocycles. The zero-order valence-corrected chi connectivity index (χ0v) is 6.41. The fourth-order valence-electron chi connectivity index (χ4n) is 0.832. The average molecular weight is 139 g/mol. The summed E-state index contributed by atoms with van der Waals surface area (Å²) in [7, 11) is 0. The zero-order valence-electron chi connectivity index (χ0n) is 6.41. The van der Waals surface area contributed by atoms with Crippen LogP contribution >= 0.6 is 0 Å². The minimum atomic E-state index is 0.0844. The van der Waals surface area contributed by atoms with Gasteiger partial charge in [-0.1, -0.05) is 6.92 Å². The Bertz CT molecular complexity index is 204. The minimum Gasteiger partial charge on any atom is -0.321 e. The van der Waals surface area contributed by atoms with E-state index in [-0.39, 0.29) is 6.17 Å². The molecule has 1 heterocycles. The average Bonchev–Trinajstić information content (AvgIpc) is 2.34. The first kappa shape index (κ1) is 7.28. The Balaban J connectivity index is 2.74. The maximum absolute atomic E-state index is 5.73. The van der Waals surface area contributed by atoms with E-state index in [1.165, 1.54) is 0 Å². The van der Waals surface area contributed by atoms with E-state index in [0.717, 1.165) is 12.1 Å². The molecule has 0 amide bonds. The molecule has 0 radical (unpaired) electrons. The maximum atomic E-state index is 5.73. The summed E-state index contributed by atoms with van der Waals surface area (Å²) in [6.45, 7) is 4.01. The summed E-state index contributed by atoms with van der Waals surface area (Å²) in [6.07, 6.45) is 4.74. The molecule has 3 nitrogen and oxygen atoms in total. The van der Waals surface area contributed by atoms with Gasteiger partial charge in [-0.25, -0.2) is 4.98 Å². The molecule has 10 heavy (non-hydrogen) atoms. The molecule has 56 valence electrons.